The van der Waals surface area contributed by atoms with Gasteiger partial charge in [-0.15, -0.1) is 0 Å². The van der Waals surface area contributed by atoms with Gasteiger partial charge in [0.25, 0.3) is 10.1 Å². The van der Waals surface area contributed by atoms with Crippen LogP contribution >= 0.6 is 0 Å². The van der Waals surface area contributed by atoms with Gasteiger partial charge in [-0.2, -0.15) is 8.42 Å². The van der Waals surface area contributed by atoms with Crippen LogP contribution < -0.4 is 0 Å². The Morgan fingerprint density at radius 2 is 1.93 bits per heavy atom. The normalized spacial score (nSPS) is 11.8. The van der Waals surface area contributed by atoms with Crippen molar-refractivity contribution in [2.75, 3.05) is 0 Å². The third kappa shape index (κ3) is 1.62. The second-order valence-corrected chi connectivity index (χ2v) is 4.33. The minimum atomic E-state index is -4.11. The lowest BCUT2D eigenvalue weighted by atomic mass is 10.1. The smallest absolute Gasteiger partial charge is 0.282 e. The number of hydrogen-bond donors (Lipinski definition) is 1. The van der Waals surface area contributed by atoms with Gasteiger partial charge in [0.05, 0.1) is 4.90 Å². The summed E-state index contributed by atoms with van der Waals surface area (Å²) in [6.07, 6.45) is 0. The van der Waals surface area contributed by atoms with E-state index in [9.17, 15) is 8.42 Å². The van der Waals surface area contributed by atoms with E-state index in [4.69, 9.17) is 4.55 Å². The van der Waals surface area contributed by atoms with Crippen molar-refractivity contribution in [3.8, 4) is 0 Å². The van der Waals surface area contributed by atoms with E-state index in [2.05, 4.69) is 6.07 Å². The zero-order valence-electron chi connectivity index (χ0n) is 7.14. The minimum absolute atomic E-state index is 0.0930. The SMILES string of the molecule is O=S(=O)(O)c1ccc2cc[c]cc2c1. The first-order valence-corrected chi connectivity index (χ1v) is 5.39. The third-order valence-corrected chi connectivity index (χ3v) is 2.80. The van der Waals surface area contributed by atoms with Crippen LogP contribution in [0.15, 0.2) is 41.3 Å². The molecule has 0 aromatic heterocycles. The molecule has 0 amide bonds. The molecule has 0 atom stereocenters. The van der Waals surface area contributed by atoms with E-state index in [0.29, 0.717) is 0 Å². The maximum absolute atomic E-state index is 10.8. The number of fused-ring (bicyclic) bond motifs is 1. The fourth-order valence-corrected chi connectivity index (χ4v) is 1.78. The first-order valence-electron chi connectivity index (χ1n) is 3.95. The van der Waals surface area contributed by atoms with Gasteiger partial charge in [0.15, 0.2) is 0 Å². The number of hydrogen-bond acceptors (Lipinski definition) is 2. The van der Waals surface area contributed by atoms with Crippen LogP contribution in [0.4, 0.5) is 0 Å². The molecule has 0 aliphatic carbocycles. The number of benzene rings is 2. The number of rotatable bonds is 1. The van der Waals surface area contributed by atoms with Crippen molar-refractivity contribution >= 4 is 20.9 Å². The summed E-state index contributed by atoms with van der Waals surface area (Å²) in [5.41, 5.74) is 0. The molecule has 1 radical (unpaired) electrons. The van der Waals surface area contributed by atoms with E-state index in [1.165, 1.54) is 12.1 Å². The van der Waals surface area contributed by atoms with Gasteiger partial charge >= 0.3 is 0 Å². The molecule has 0 bridgehead atoms. The molecule has 1 N–H and O–H groups in total. The van der Waals surface area contributed by atoms with E-state index in [-0.39, 0.29) is 4.90 Å². The van der Waals surface area contributed by atoms with Crippen LogP contribution in [-0.4, -0.2) is 13.0 Å². The van der Waals surface area contributed by atoms with E-state index in [0.717, 1.165) is 10.8 Å². The summed E-state index contributed by atoms with van der Waals surface area (Å²) in [6.45, 7) is 0. The first kappa shape index (κ1) is 9.18. The molecule has 0 fully saturated rings. The molecule has 3 nitrogen and oxygen atoms in total. The molecular formula is C10H7O3S. The molecule has 0 unspecified atom stereocenters. The van der Waals surface area contributed by atoms with Crippen molar-refractivity contribution in [2.24, 2.45) is 0 Å². The van der Waals surface area contributed by atoms with E-state index >= 15 is 0 Å². The average molecular weight is 207 g/mol. The summed E-state index contributed by atoms with van der Waals surface area (Å²) >= 11 is 0. The summed E-state index contributed by atoms with van der Waals surface area (Å²) in [5, 5.41) is 1.65. The third-order valence-electron chi connectivity index (χ3n) is 1.95. The van der Waals surface area contributed by atoms with E-state index in [1.54, 1.807) is 18.2 Å². The zero-order valence-corrected chi connectivity index (χ0v) is 7.95. The second kappa shape index (κ2) is 3.08. The summed E-state index contributed by atoms with van der Waals surface area (Å²) in [5.74, 6) is 0. The van der Waals surface area contributed by atoms with Crippen LogP contribution in [0.1, 0.15) is 0 Å². The van der Waals surface area contributed by atoms with Crippen LogP contribution in [0.3, 0.4) is 0 Å². The van der Waals surface area contributed by atoms with Gasteiger partial charge < -0.3 is 0 Å². The maximum Gasteiger partial charge on any atom is 0.294 e. The highest BCUT2D eigenvalue weighted by atomic mass is 32.2. The van der Waals surface area contributed by atoms with Gasteiger partial charge in [0.1, 0.15) is 0 Å². The Hall–Kier alpha value is -1.39. The molecule has 4 heteroatoms. The highest BCUT2D eigenvalue weighted by Crippen LogP contribution is 2.18. The largest absolute Gasteiger partial charge is 0.294 e. The van der Waals surface area contributed by atoms with Crippen molar-refractivity contribution < 1.29 is 13.0 Å². The highest BCUT2D eigenvalue weighted by molar-refractivity contribution is 7.85. The standard InChI is InChI=1S/C10H7O3S/c11-14(12,13)10-6-5-8-3-1-2-4-9(8)7-10/h1,3-7H,(H,11,12,13). The topological polar surface area (TPSA) is 54.4 Å². The molecule has 0 saturated heterocycles. The molecule has 71 valence electrons. The van der Waals surface area contributed by atoms with Gasteiger partial charge in [-0.1, -0.05) is 18.2 Å². The van der Waals surface area contributed by atoms with Crippen LogP contribution in [0.5, 0.6) is 0 Å². The first-order chi connectivity index (χ1) is 6.57. The van der Waals surface area contributed by atoms with Crippen LogP contribution in [0.25, 0.3) is 10.8 Å². The highest BCUT2D eigenvalue weighted by Gasteiger charge is 2.08. The Labute approximate surface area is 81.7 Å². The fraction of sp³-hybridized carbons (Fsp3) is 0. The monoisotopic (exact) mass is 207 g/mol. The Morgan fingerprint density at radius 1 is 1.14 bits per heavy atom. The fourth-order valence-electron chi connectivity index (χ4n) is 1.27. The van der Waals surface area contributed by atoms with Gasteiger partial charge in [-0.3, -0.25) is 4.55 Å². The summed E-state index contributed by atoms with van der Waals surface area (Å²) in [7, 11) is -4.11. The molecule has 0 aliphatic rings. The summed E-state index contributed by atoms with van der Waals surface area (Å²) in [6, 6.07) is 12.5. The van der Waals surface area contributed by atoms with E-state index in [1.807, 2.05) is 6.07 Å². The quantitative estimate of drug-likeness (QED) is 0.726. The Balaban J connectivity index is 2.75. The van der Waals surface area contributed by atoms with Gasteiger partial charge in [0.2, 0.25) is 0 Å². The van der Waals surface area contributed by atoms with Gasteiger partial charge in [-0.05, 0) is 35.0 Å². The van der Waals surface area contributed by atoms with E-state index < -0.39 is 10.1 Å². The molecule has 2 aromatic carbocycles. The molecule has 0 spiro atoms. The predicted molar refractivity (Wildman–Crippen MR) is 52.6 cm³/mol. The molecule has 2 rings (SSSR count). The van der Waals surface area contributed by atoms with Crippen molar-refractivity contribution in [1.29, 1.82) is 0 Å². The Kier molecular flexibility index (Phi) is 2.02. The second-order valence-electron chi connectivity index (χ2n) is 2.91. The van der Waals surface area contributed by atoms with Crippen LogP contribution in [0.2, 0.25) is 0 Å². The lowest BCUT2D eigenvalue weighted by Crippen LogP contribution is -1.97. The van der Waals surface area contributed by atoms with Crippen molar-refractivity contribution in [3.63, 3.8) is 0 Å². The maximum atomic E-state index is 10.8. The molecule has 0 aliphatic heterocycles. The molecule has 0 heterocycles. The van der Waals surface area contributed by atoms with Crippen molar-refractivity contribution in [1.82, 2.24) is 0 Å². The van der Waals surface area contributed by atoms with Crippen LogP contribution in [-0.2, 0) is 10.1 Å². The van der Waals surface area contributed by atoms with Crippen LogP contribution in [0, 0.1) is 6.07 Å². The summed E-state index contributed by atoms with van der Waals surface area (Å²) in [4.78, 5) is -0.0930. The van der Waals surface area contributed by atoms with Crippen molar-refractivity contribution in [2.45, 2.75) is 4.90 Å². The summed E-state index contributed by atoms with van der Waals surface area (Å²) < 4.78 is 30.5. The molecular weight excluding hydrogens is 200 g/mol. The molecule has 2 aromatic rings. The molecule has 14 heavy (non-hydrogen) atoms. The Bertz CT molecular complexity index is 573. The van der Waals surface area contributed by atoms with Gasteiger partial charge in [-0.25, -0.2) is 0 Å². The zero-order chi connectivity index (χ0) is 10.2. The van der Waals surface area contributed by atoms with Gasteiger partial charge in [0, 0.05) is 0 Å². The Morgan fingerprint density at radius 3 is 2.64 bits per heavy atom. The molecule has 0 saturated carbocycles. The van der Waals surface area contributed by atoms with Crippen molar-refractivity contribution in [3.05, 3.63) is 42.5 Å². The minimum Gasteiger partial charge on any atom is -0.282 e. The lowest BCUT2D eigenvalue weighted by Gasteiger charge is -1.99. The lowest BCUT2D eigenvalue weighted by molar-refractivity contribution is 0.483. The average Bonchev–Trinajstić information content (AvgIpc) is 2.16. The predicted octanol–water partition coefficient (Wildman–Crippen LogP) is 1.89.